The smallest absolute Gasteiger partial charge is 0.174 e. The highest BCUT2D eigenvalue weighted by Crippen LogP contribution is 2.20. The van der Waals surface area contributed by atoms with Crippen molar-refractivity contribution in [2.24, 2.45) is 5.84 Å². The summed E-state index contributed by atoms with van der Waals surface area (Å²) in [7, 11) is 0. The molecule has 1 heterocycles. The Hall–Kier alpha value is -1.07. The van der Waals surface area contributed by atoms with Gasteiger partial charge in [0.05, 0.1) is 5.69 Å². The number of nitrogens with zero attached hydrogens (tertiary/aromatic N) is 2. The number of halogens is 1. The van der Waals surface area contributed by atoms with Crippen molar-refractivity contribution in [1.82, 2.24) is 10.2 Å². The fourth-order valence-corrected chi connectivity index (χ4v) is 1.13. The number of aromatic nitrogens is 2. The van der Waals surface area contributed by atoms with E-state index >= 15 is 0 Å². The van der Waals surface area contributed by atoms with Gasteiger partial charge in [-0.3, -0.25) is 0 Å². The number of hydrogen-bond acceptors (Lipinski definition) is 5. The highest BCUT2D eigenvalue weighted by atomic mass is 35.5. The summed E-state index contributed by atoms with van der Waals surface area (Å²) in [5.41, 5.74) is 3.17. The molecule has 0 fully saturated rings. The Balaban J connectivity index is 2.64. The van der Waals surface area contributed by atoms with Gasteiger partial charge < -0.3 is 10.7 Å². The SMILES string of the molecule is CCCCNc1cc(NN)nnc1Cl. The van der Waals surface area contributed by atoms with E-state index in [1.807, 2.05) is 0 Å². The third-order valence-corrected chi connectivity index (χ3v) is 2.02. The van der Waals surface area contributed by atoms with Crippen LogP contribution in [0.4, 0.5) is 11.5 Å². The van der Waals surface area contributed by atoms with Crippen molar-refractivity contribution in [2.75, 3.05) is 17.3 Å². The highest BCUT2D eigenvalue weighted by molar-refractivity contribution is 6.31. The van der Waals surface area contributed by atoms with Crippen molar-refractivity contribution < 1.29 is 0 Å². The number of anilines is 2. The van der Waals surface area contributed by atoms with Gasteiger partial charge in [0.25, 0.3) is 0 Å². The van der Waals surface area contributed by atoms with Gasteiger partial charge in [-0.1, -0.05) is 24.9 Å². The maximum absolute atomic E-state index is 5.83. The Morgan fingerprint density at radius 3 is 2.93 bits per heavy atom. The standard InChI is InChI=1S/C8H14ClN5/c1-2-3-4-11-6-5-7(12-10)13-14-8(6)9/h5H,2-4,10H2,1H3,(H2,11,12,13). The summed E-state index contributed by atoms with van der Waals surface area (Å²) in [5, 5.41) is 11.0. The van der Waals surface area contributed by atoms with Crippen molar-refractivity contribution in [3.05, 3.63) is 11.2 Å². The fraction of sp³-hybridized carbons (Fsp3) is 0.500. The summed E-state index contributed by atoms with van der Waals surface area (Å²) in [5.74, 6) is 5.69. The van der Waals surface area contributed by atoms with Crippen LogP contribution in [0.15, 0.2) is 6.07 Å². The Labute approximate surface area is 88.0 Å². The van der Waals surface area contributed by atoms with Crippen LogP contribution in [0.3, 0.4) is 0 Å². The molecule has 0 amide bonds. The second-order valence-electron chi connectivity index (χ2n) is 2.86. The van der Waals surface area contributed by atoms with E-state index < -0.39 is 0 Å². The maximum atomic E-state index is 5.83. The van der Waals surface area contributed by atoms with E-state index in [0.29, 0.717) is 11.0 Å². The van der Waals surface area contributed by atoms with Gasteiger partial charge in [0, 0.05) is 12.6 Å². The van der Waals surface area contributed by atoms with Crippen molar-refractivity contribution in [1.29, 1.82) is 0 Å². The first-order chi connectivity index (χ1) is 6.77. The van der Waals surface area contributed by atoms with Gasteiger partial charge in [-0.25, -0.2) is 5.84 Å². The first-order valence-electron chi connectivity index (χ1n) is 4.51. The molecule has 6 heteroatoms. The molecule has 0 aliphatic carbocycles. The van der Waals surface area contributed by atoms with Gasteiger partial charge in [0.15, 0.2) is 11.0 Å². The molecule has 0 aromatic carbocycles. The lowest BCUT2D eigenvalue weighted by atomic mass is 10.3. The van der Waals surface area contributed by atoms with Crippen molar-refractivity contribution in [3.8, 4) is 0 Å². The zero-order chi connectivity index (χ0) is 10.4. The number of unbranched alkanes of at least 4 members (excludes halogenated alkanes) is 1. The number of nitrogens with one attached hydrogen (secondary N) is 2. The maximum Gasteiger partial charge on any atom is 0.174 e. The number of hydrogen-bond donors (Lipinski definition) is 3. The van der Waals surface area contributed by atoms with Crippen LogP contribution in [0, 0.1) is 0 Å². The molecule has 0 saturated heterocycles. The van der Waals surface area contributed by atoms with E-state index in [-0.39, 0.29) is 0 Å². The molecule has 0 radical (unpaired) electrons. The minimum atomic E-state index is 0.361. The fourth-order valence-electron chi connectivity index (χ4n) is 0.971. The van der Waals surface area contributed by atoms with E-state index in [1.54, 1.807) is 6.07 Å². The summed E-state index contributed by atoms with van der Waals surface area (Å²) in [6, 6.07) is 1.73. The highest BCUT2D eigenvalue weighted by Gasteiger charge is 2.02. The molecule has 1 rings (SSSR count). The third-order valence-electron chi connectivity index (χ3n) is 1.74. The normalized spacial score (nSPS) is 9.93. The Kier molecular flexibility index (Phi) is 4.42. The van der Waals surface area contributed by atoms with E-state index in [0.717, 1.165) is 25.1 Å². The molecular weight excluding hydrogens is 202 g/mol. The Morgan fingerprint density at radius 2 is 2.29 bits per heavy atom. The molecule has 1 aromatic heterocycles. The molecule has 0 bridgehead atoms. The van der Waals surface area contributed by atoms with Crippen LogP contribution >= 0.6 is 11.6 Å². The second-order valence-corrected chi connectivity index (χ2v) is 3.22. The van der Waals surface area contributed by atoms with Gasteiger partial charge in [0.1, 0.15) is 0 Å². The lowest BCUT2D eigenvalue weighted by molar-refractivity contribution is 0.832. The van der Waals surface area contributed by atoms with Gasteiger partial charge in [-0.2, -0.15) is 0 Å². The first-order valence-corrected chi connectivity index (χ1v) is 4.89. The lowest BCUT2D eigenvalue weighted by Crippen LogP contribution is -2.11. The third kappa shape index (κ3) is 3.01. The molecule has 0 atom stereocenters. The van der Waals surface area contributed by atoms with Crippen molar-refractivity contribution >= 4 is 23.1 Å². The van der Waals surface area contributed by atoms with E-state index in [2.05, 4.69) is 27.9 Å². The van der Waals surface area contributed by atoms with Gasteiger partial charge in [-0.15, -0.1) is 10.2 Å². The lowest BCUT2D eigenvalue weighted by Gasteiger charge is -2.07. The number of rotatable bonds is 5. The molecule has 0 aliphatic rings. The van der Waals surface area contributed by atoms with Crippen molar-refractivity contribution in [2.45, 2.75) is 19.8 Å². The minimum absolute atomic E-state index is 0.361. The van der Waals surface area contributed by atoms with Gasteiger partial charge >= 0.3 is 0 Å². The molecule has 0 saturated carbocycles. The van der Waals surface area contributed by atoms with Crippen LogP contribution in [-0.2, 0) is 0 Å². The summed E-state index contributed by atoms with van der Waals surface area (Å²) in [4.78, 5) is 0. The summed E-state index contributed by atoms with van der Waals surface area (Å²) < 4.78 is 0. The molecule has 0 aliphatic heterocycles. The van der Waals surface area contributed by atoms with Crippen LogP contribution in [0.5, 0.6) is 0 Å². The monoisotopic (exact) mass is 215 g/mol. The molecule has 5 nitrogen and oxygen atoms in total. The van der Waals surface area contributed by atoms with E-state index in [4.69, 9.17) is 17.4 Å². The van der Waals surface area contributed by atoms with Gasteiger partial charge in [-0.05, 0) is 6.42 Å². The predicted octanol–water partition coefficient (Wildman–Crippen LogP) is 1.63. The molecular formula is C8H14ClN5. The van der Waals surface area contributed by atoms with Crippen LogP contribution in [0.25, 0.3) is 0 Å². The summed E-state index contributed by atoms with van der Waals surface area (Å²) in [6.07, 6.45) is 2.22. The van der Waals surface area contributed by atoms with Gasteiger partial charge in [0.2, 0.25) is 0 Å². The second kappa shape index (κ2) is 5.62. The zero-order valence-electron chi connectivity index (χ0n) is 8.05. The van der Waals surface area contributed by atoms with Crippen molar-refractivity contribution in [3.63, 3.8) is 0 Å². The predicted molar refractivity (Wildman–Crippen MR) is 58.2 cm³/mol. The molecule has 0 spiro atoms. The summed E-state index contributed by atoms with van der Waals surface area (Å²) in [6.45, 7) is 2.99. The molecule has 78 valence electrons. The Morgan fingerprint density at radius 1 is 1.50 bits per heavy atom. The summed E-state index contributed by atoms with van der Waals surface area (Å²) >= 11 is 5.83. The quantitative estimate of drug-likeness (QED) is 0.396. The molecule has 0 unspecified atom stereocenters. The van der Waals surface area contributed by atoms with Crippen LogP contribution in [0.2, 0.25) is 5.15 Å². The number of nitrogen functional groups attached to an aromatic ring is 1. The topological polar surface area (TPSA) is 75.9 Å². The van der Waals surface area contributed by atoms with E-state index in [1.165, 1.54) is 0 Å². The van der Waals surface area contributed by atoms with Crippen LogP contribution in [-0.4, -0.2) is 16.7 Å². The largest absolute Gasteiger partial charge is 0.382 e. The minimum Gasteiger partial charge on any atom is -0.382 e. The molecule has 1 aromatic rings. The average Bonchev–Trinajstić information content (AvgIpc) is 2.21. The zero-order valence-corrected chi connectivity index (χ0v) is 8.80. The number of nitrogens with two attached hydrogens (primary N) is 1. The Bertz CT molecular complexity index is 291. The van der Waals surface area contributed by atoms with Crippen LogP contribution in [0.1, 0.15) is 19.8 Å². The first kappa shape index (κ1) is 11.0. The van der Waals surface area contributed by atoms with Crippen LogP contribution < -0.4 is 16.6 Å². The number of hydrazine groups is 1. The molecule has 4 N–H and O–H groups in total. The van der Waals surface area contributed by atoms with E-state index in [9.17, 15) is 0 Å². The average molecular weight is 216 g/mol. The molecule has 14 heavy (non-hydrogen) atoms.